The fourth-order valence-corrected chi connectivity index (χ4v) is 6.22. The molecule has 0 saturated carbocycles. The molecule has 0 aliphatic carbocycles. The van der Waals surface area contributed by atoms with E-state index >= 15 is 0 Å². The Kier molecular flexibility index (Phi) is 10.2. The van der Waals surface area contributed by atoms with Gasteiger partial charge in [-0.1, -0.05) is 154 Å². The zero-order chi connectivity index (χ0) is 29.3. The lowest BCUT2D eigenvalue weighted by Crippen LogP contribution is -2.48. The van der Waals surface area contributed by atoms with Gasteiger partial charge >= 0.3 is 0 Å². The van der Waals surface area contributed by atoms with Crippen LogP contribution in [0, 0.1) is 5.92 Å². The summed E-state index contributed by atoms with van der Waals surface area (Å²) in [6, 6.07) is 43.3. The highest BCUT2D eigenvalue weighted by atomic mass is 28.4. The summed E-state index contributed by atoms with van der Waals surface area (Å²) < 4.78 is 6.74. The SMILES string of the molecule is C[C@@H](/C=C/[C@H](CO[Si](C)(C)C(C)(C)C)Cc1ccccc1)NC(c1ccccc1)(c1ccccc1)c1ccccc1. The molecule has 0 aromatic heterocycles. The van der Waals surface area contributed by atoms with Crippen LogP contribution in [0.4, 0.5) is 0 Å². The number of rotatable bonds is 12. The predicted octanol–water partition coefficient (Wildman–Crippen LogP) is 9.39. The number of nitrogens with one attached hydrogen (secondary N) is 1. The highest BCUT2D eigenvalue weighted by Crippen LogP contribution is 2.38. The fourth-order valence-electron chi connectivity index (χ4n) is 5.16. The lowest BCUT2D eigenvalue weighted by atomic mass is 9.76. The van der Waals surface area contributed by atoms with Gasteiger partial charge in [-0.2, -0.15) is 0 Å². The van der Waals surface area contributed by atoms with E-state index in [2.05, 4.69) is 180 Å². The normalized spacial score (nSPS) is 14.2. The molecule has 214 valence electrons. The summed E-state index contributed by atoms with van der Waals surface area (Å²) in [6.07, 6.45) is 5.68. The third kappa shape index (κ3) is 7.74. The van der Waals surface area contributed by atoms with E-state index in [1.54, 1.807) is 0 Å². The minimum Gasteiger partial charge on any atom is -0.416 e. The standard InChI is InChI=1S/C38H47NOSi/c1-31(27-28-33(29-32-19-11-7-12-20-32)30-40-41(5,6)37(2,3)4)39-38(34-21-13-8-14-22-34,35-23-15-9-16-24-35)36-25-17-10-18-26-36/h7-28,31,33,39H,29-30H2,1-6H3/b28-27+/t31-,33-/m0/s1. The molecule has 0 saturated heterocycles. The van der Waals surface area contributed by atoms with Crippen molar-refractivity contribution in [2.24, 2.45) is 5.92 Å². The Labute approximate surface area is 249 Å². The monoisotopic (exact) mass is 561 g/mol. The van der Waals surface area contributed by atoms with Crippen molar-refractivity contribution in [2.75, 3.05) is 6.61 Å². The van der Waals surface area contributed by atoms with Gasteiger partial charge in [-0.25, -0.2) is 0 Å². The summed E-state index contributed by atoms with van der Waals surface area (Å²) in [5.74, 6) is 0.287. The first kappa shape index (κ1) is 30.7. The average Bonchev–Trinajstić information content (AvgIpc) is 2.98. The molecule has 41 heavy (non-hydrogen) atoms. The van der Waals surface area contributed by atoms with Gasteiger partial charge in [-0.15, -0.1) is 0 Å². The van der Waals surface area contributed by atoms with Gasteiger partial charge in [0.1, 0.15) is 0 Å². The van der Waals surface area contributed by atoms with Crippen molar-refractivity contribution >= 4 is 8.32 Å². The first-order valence-corrected chi connectivity index (χ1v) is 17.8. The molecule has 3 heteroatoms. The molecule has 4 aromatic rings. The molecule has 0 fully saturated rings. The van der Waals surface area contributed by atoms with Crippen LogP contribution in [-0.2, 0) is 16.4 Å². The third-order valence-electron chi connectivity index (χ3n) is 8.54. The van der Waals surface area contributed by atoms with Gasteiger partial charge in [0.2, 0.25) is 0 Å². The van der Waals surface area contributed by atoms with Crippen molar-refractivity contribution < 1.29 is 4.43 Å². The lowest BCUT2D eigenvalue weighted by Gasteiger charge is -2.39. The topological polar surface area (TPSA) is 21.3 Å². The van der Waals surface area contributed by atoms with Gasteiger partial charge in [0.05, 0.1) is 5.54 Å². The zero-order valence-electron chi connectivity index (χ0n) is 25.7. The molecule has 0 heterocycles. The van der Waals surface area contributed by atoms with Crippen LogP contribution in [0.1, 0.15) is 49.9 Å². The van der Waals surface area contributed by atoms with Crippen molar-refractivity contribution in [1.82, 2.24) is 5.32 Å². The predicted molar refractivity (Wildman–Crippen MR) is 178 cm³/mol. The van der Waals surface area contributed by atoms with Crippen molar-refractivity contribution in [1.29, 1.82) is 0 Å². The van der Waals surface area contributed by atoms with E-state index < -0.39 is 13.9 Å². The average molecular weight is 562 g/mol. The second-order valence-corrected chi connectivity index (χ2v) is 17.5. The molecule has 2 nitrogen and oxygen atoms in total. The molecule has 0 spiro atoms. The first-order valence-electron chi connectivity index (χ1n) is 14.9. The molecule has 4 aromatic carbocycles. The Morgan fingerprint density at radius 2 is 1.07 bits per heavy atom. The molecule has 4 rings (SSSR count). The molecule has 2 atom stereocenters. The Bertz CT molecular complexity index is 1250. The van der Waals surface area contributed by atoms with Crippen LogP contribution < -0.4 is 5.32 Å². The quantitative estimate of drug-likeness (QED) is 0.106. The molecular formula is C38H47NOSi. The summed E-state index contributed by atoms with van der Waals surface area (Å²) >= 11 is 0. The van der Waals surface area contributed by atoms with Gasteiger partial charge in [-0.05, 0) is 53.7 Å². The third-order valence-corrected chi connectivity index (χ3v) is 13.0. The maximum Gasteiger partial charge on any atom is 0.192 e. The summed E-state index contributed by atoms with van der Waals surface area (Å²) in [5.41, 5.74) is 4.51. The molecule has 0 amide bonds. The lowest BCUT2D eigenvalue weighted by molar-refractivity contribution is 0.250. The molecule has 0 radical (unpaired) electrons. The van der Waals surface area contributed by atoms with Crippen LogP contribution in [0.15, 0.2) is 133 Å². The fraction of sp³-hybridized carbons (Fsp3) is 0.316. The number of hydrogen-bond donors (Lipinski definition) is 1. The highest BCUT2D eigenvalue weighted by Gasteiger charge is 2.38. The van der Waals surface area contributed by atoms with E-state index in [1.807, 2.05) is 0 Å². The van der Waals surface area contributed by atoms with E-state index in [0.717, 1.165) is 13.0 Å². The minimum atomic E-state index is -1.86. The van der Waals surface area contributed by atoms with Crippen LogP contribution in [0.5, 0.6) is 0 Å². The van der Waals surface area contributed by atoms with Gasteiger partial charge in [0.25, 0.3) is 0 Å². The Morgan fingerprint density at radius 3 is 1.49 bits per heavy atom. The van der Waals surface area contributed by atoms with Crippen molar-refractivity contribution in [3.05, 3.63) is 156 Å². The van der Waals surface area contributed by atoms with Crippen LogP contribution in [0.3, 0.4) is 0 Å². The number of benzene rings is 4. The van der Waals surface area contributed by atoms with Gasteiger partial charge in [-0.3, -0.25) is 5.32 Å². The zero-order valence-corrected chi connectivity index (χ0v) is 26.7. The van der Waals surface area contributed by atoms with Crippen LogP contribution in [-0.4, -0.2) is 21.0 Å². The molecular weight excluding hydrogens is 515 g/mol. The summed E-state index contributed by atoms with van der Waals surface area (Å²) in [6.45, 7) is 14.6. The highest BCUT2D eigenvalue weighted by molar-refractivity contribution is 6.74. The molecule has 0 aliphatic heterocycles. The second-order valence-electron chi connectivity index (χ2n) is 12.7. The van der Waals surface area contributed by atoms with E-state index in [-0.39, 0.29) is 17.0 Å². The Morgan fingerprint density at radius 1 is 0.659 bits per heavy atom. The maximum absolute atomic E-state index is 6.74. The van der Waals surface area contributed by atoms with Gasteiger partial charge in [0, 0.05) is 18.6 Å². The van der Waals surface area contributed by atoms with E-state index in [9.17, 15) is 0 Å². The molecule has 1 N–H and O–H groups in total. The summed E-state index contributed by atoms with van der Waals surface area (Å²) in [5, 5.41) is 4.26. The first-order chi connectivity index (χ1) is 19.6. The summed E-state index contributed by atoms with van der Waals surface area (Å²) in [4.78, 5) is 0. The minimum absolute atomic E-state index is 0.0989. The van der Waals surface area contributed by atoms with E-state index in [4.69, 9.17) is 4.43 Å². The maximum atomic E-state index is 6.74. The van der Waals surface area contributed by atoms with E-state index in [0.29, 0.717) is 0 Å². The summed E-state index contributed by atoms with van der Waals surface area (Å²) in [7, 11) is -1.86. The number of hydrogen-bond acceptors (Lipinski definition) is 2. The van der Waals surface area contributed by atoms with Crippen molar-refractivity contribution in [3.8, 4) is 0 Å². The van der Waals surface area contributed by atoms with Crippen LogP contribution in [0.25, 0.3) is 0 Å². The van der Waals surface area contributed by atoms with Crippen LogP contribution >= 0.6 is 0 Å². The van der Waals surface area contributed by atoms with Gasteiger partial charge in [0.15, 0.2) is 8.32 Å². The van der Waals surface area contributed by atoms with E-state index in [1.165, 1.54) is 22.3 Å². The Balaban J connectivity index is 1.67. The van der Waals surface area contributed by atoms with Crippen LogP contribution in [0.2, 0.25) is 18.1 Å². The molecule has 0 bridgehead atoms. The second kappa shape index (κ2) is 13.6. The molecule has 0 aliphatic rings. The van der Waals surface area contributed by atoms with Crippen molar-refractivity contribution in [3.63, 3.8) is 0 Å². The van der Waals surface area contributed by atoms with Crippen molar-refractivity contribution in [2.45, 2.75) is 63.8 Å². The van der Waals surface area contributed by atoms with Gasteiger partial charge < -0.3 is 4.43 Å². The largest absolute Gasteiger partial charge is 0.416 e. The smallest absolute Gasteiger partial charge is 0.192 e. The molecule has 0 unspecified atom stereocenters. The Hall–Kier alpha value is -3.24.